The molecular weight excluding hydrogens is 613 g/mol. The van der Waals surface area contributed by atoms with Crippen LogP contribution in [0, 0.1) is 23.3 Å². The maximum absolute atomic E-state index is 15.4. The smallest absolute Gasteiger partial charge is 0.171 e. The quantitative estimate of drug-likeness (QED) is 0.0640. The molecule has 4 heterocycles. The molecule has 0 nitrogen and oxygen atoms in total. The third-order valence-electron chi connectivity index (χ3n) is 7.40. The Kier molecular flexibility index (Phi) is 10.7. The lowest BCUT2D eigenvalue weighted by Crippen LogP contribution is -2.02. The molecular formula is C34H34F4S4. The monoisotopic (exact) mass is 646 g/mol. The molecule has 0 N–H and O–H groups in total. The maximum Gasteiger partial charge on any atom is 0.171 e. The first-order valence-corrected chi connectivity index (χ1v) is 18.0. The third-order valence-corrected chi connectivity index (χ3v) is 12.0. The SMILES string of the molecule is CCCCCCc1csc(-c2ccc(-c3c(F)c(F)c(-c4ccc(-c5cc(CCCCCC)cs5)s4)c(F)c3F)s2)c1. The van der Waals surface area contributed by atoms with Gasteiger partial charge in [-0.25, -0.2) is 17.6 Å². The van der Waals surface area contributed by atoms with E-state index in [4.69, 9.17) is 0 Å². The van der Waals surface area contributed by atoms with Crippen LogP contribution in [0.3, 0.4) is 0 Å². The molecule has 5 aromatic rings. The van der Waals surface area contributed by atoms with Gasteiger partial charge in [0.05, 0.1) is 11.1 Å². The molecule has 0 spiro atoms. The summed E-state index contributed by atoms with van der Waals surface area (Å²) in [5.74, 6) is -5.44. The Labute approximate surface area is 261 Å². The number of unbranched alkanes of at least 4 members (excludes halogenated alkanes) is 6. The number of hydrogen-bond acceptors (Lipinski definition) is 4. The van der Waals surface area contributed by atoms with Crippen molar-refractivity contribution in [2.45, 2.75) is 78.1 Å². The number of rotatable bonds is 14. The highest BCUT2D eigenvalue weighted by molar-refractivity contribution is 7.24. The van der Waals surface area contributed by atoms with Crippen LogP contribution >= 0.6 is 45.3 Å². The van der Waals surface area contributed by atoms with Gasteiger partial charge in [0.15, 0.2) is 23.3 Å². The molecule has 0 fully saturated rings. The molecule has 0 atom stereocenters. The highest BCUT2D eigenvalue weighted by Crippen LogP contribution is 2.45. The number of aryl methyl sites for hydroxylation is 2. The fourth-order valence-electron chi connectivity index (χ4n) is 5.06. The molecule has 4 aromatic heterocycles. The second-order valence-electron chi connectivity index (χ2n) is 10.6. The molecule has 0 aliphatic carbocycles. The topological polar surface area (TPSA) is 0 Å². The maximum atomic E-state index is 15.4. The summed E-state index contributed by atoms with van der Waals surface area (Å²) >= 11 is 5.44. The van der Waals surface area contributed by atoms with Crippen LogP contribution in [-0.4, -0.2) is 0 Å². The fraction of sp³-hybridized carbons (Fsp3) is 0.353. The van der Waals surface area contributed by atoms with Crippen molar-refractivity contribution >= 4 is 45.3 Å². The molecule has 0 unspecified atom stereocenters. The fourth-order valence-corrected chi connectivity index (χ4v) is 9.23. The van der Waals surface area contributed by atoms with Crippen LogP contribution in [-0.2, 0) is 12.8 Å². The molecule has 0 amide bonds. The molecule has 1 aromatic carbocycles. The van der Waals surface area contributed by atoms with E-state index >= 15 is 17.6 Å². The largest absolute Gasteiger partial charge is 0.203 e. The van der Waals surface area contributed by atoms with Crippen LogP contribution < -0.4 is 0 Å². The summed E-state index contributed by atoms with van der Waals surface area (Å²) < 4.78 is 61.7. The minimum atomic E-state index is -1.36. The summed E-state index contributed by atoms with van der Waals surface area (Å²) in [5, 5.41) is 4.21. The summed E-state index contributed by atoms with van der Waals surface area (Å²) in [4.78, 5) is 3.94. The van der Waals surface area contributed by atoms with Crippen LogP contribution in [0.5, 0.6) is 0 Å². The Balaban J connectivity index is 1.36. The van der Waals surface area contributed by atoms with Gasteiger partial charge in [-0.15, -0.1) is 45.3 Å². The van der Waals surface area contributed by atoms with Crippen molar-refractivity contribution in [1.29, 1.82) is 0 Å². The predicted octanol–water partition coefficient (Wildman–Crippen LogP) is 13.4. The van der Waals surface area contributed by atoms with E-state index in [0.29, 0.717) is 0 Å². The molecule has 0 radical (unpaired) electrons. The summed E-state index contributed by atoms with van der Waals surface area (Å²) in [6.45, 7) is 4.37. The molecule has 0 saturated heterocycles. The van der Waals surface area contributed by atoms with Gasteiger partial charge >= 0.3 is 0 Å². The van der Waals surface area contributed by atoms with Crippen LogP contribution in [0.4, 0.5) is 17.6 Å². The van der Waals surface area contributed by atoms with Gasteiger partial charge in [-0.3, -0.25) is 0 Å². The molecule has 8 heteroatoms. The van der Waals surface area contributed by atoms with Gasteiger partial charge in [0, 0.05) is 29.3 Å². The van der Waals surface area contributed by atoms with Crippen molar-refractivity contribution < 1.29 is 17.6 Å². The van der Waals surface area contributed by atoms with Gasteiger partial charge in [-0.1, -0.05) is 52.4 Å². The van der Waals surface area contributed by atoms with Gasteiger partial charge < -0.3 is 0 Å². The van der Waals surface area contributed by atoms with Gasteiger partial charge in [0.2, 0.25) is 0 Å². The summed E-state index contributed by atoms with van der Waals surface area (Å²) in [6, 6.07) is 10.8. The first kappa shape index (κ1) is 31.2. The van der Waals surface area contributed by atoms with Gasteiger partial charge in [0.25, 0.3) is 0 Å². The zero-order valence-electron chi connectivity index (χ0n) is 23.8. The zero-order chi connectivity index (χ0) is 29.6. The molecule has 0 aliphatic rings. The van der Waals surface area contributed by atoms with Crippen molar-refractivity contribution in [2.24, 2.45) is 0 Å². The third kappa shape index (κ3) is 6.93. The Morgan fingerprint density at radius 2 is 0.857 bits per heavy atom. The van der Waals surface area contributed by atoms with Crippen molar-refractivity contribution in [3.8, 4) is 40.4 Å². The van der Waals surface area contributed by atoms with E-state index in [2.05, 4.69) is 36.7 Å². The molecule has 0 saturated carbocycles. The average Bonchev–Trinajstić information content (AvgIpc) is 3.80. The van der Waals surface area contributed by atoms with E-state index in [1.807, 2.05) is 0 Å². The first-order chi connectivity index (χ1) is 20.4. The molecule has 0 aliphatic heterocycles. The number of benzene rings is 1. The van der Waals surface area contributed by atoms with Crippen LogP contribution in [0.2, 0.25) is 0 Å². The van der Waals surface area contributed by atoms with Crippen molar-refractivity contribution in [1.82, 2.24) is 0 Å². The Hall–Kier alpha value is -2.26. The van der Waals surface area contributed by atoms with Crippen molar-refractivity contribution in [3.05, 3.63) is 81.6 Å². The normalized spacial score (nSPS) is 11.6. The lowest BCUT2D eigenvalue weighted by Gasteiger charge is -2.10. The van der Waals surface area contributed by atoms with Crippen molar-refractivity contribution in [3.63, 3.8) is 0 Å². The zero-order valence-corrected chi connectivity index (χ0v) is 27.1. The van der Waals surface area contributed by atoms with Crippen molar-refractivity contribution in [2.75, 3.05) is 0 Å². The van der Waals surface area contributed by atoms with Gasteiger partial charge in [0.1, 0.15) is 0 Å². The second-order valence-corrected chi connectivity index (χ2v) is 14.6. The van der Waals surface area contributed by atoms with E-state index in [0.717, 1.165) is 67.9 Å². The standard InChI is InChI=1S/C34H34F4S4/c1-3-5-7-9-11-21-17-27(39-19-21)23-13-15-25(41-23)29-31(35)33(37)30(34(38)32(29)36)26-16-14-24(42-26)28-18-22(20-40-28)12-10-8-6-4-2/h13-20H,3-12H2,1-2H3. The molecule has 222 valence electrons. The minimum absolute atomic E-state index is 0.166. The van der Waals surface area contributed by atoms with Crippen LogP contribution in [0.1, 0.15) is 76.3 Å². The lowest BCUT2D eigenvalue weighted by atomic mass is 10.1. The Morgan fingerprint density at radius 1 is 0.476 bits per heavy atom. The van der Waals surface area contributed by atoms with Gasteiger partial charge in [-0.2, -0.15) is 0 Å². The predicted molar refractivity (Wildman–Crippen MR) is 175 cm³/mol. The van der Waals surface area contributed by atoms with E-state index in [1.165, 1.54) is 49.7 Å². The highest BCUT2D eigenvalue weighted by atomic mass is 32.1. The van der Waals surface area contributed by atoms with E-state index in [-0.39, 0.29) is 9.75 Å². The number of halogens is 4. The van der Waals surface area contributed by atoms with Crippen LogP contribution in [0.25, 0.3) is 40.4 Å². The average molecular weight is 647 g/mol. The Morgan fingerprint density at radius 3 is 1.24 bits per heavy atom. The summed E-state index contributed by atoms with van der Waals surface area (Å²) in [6.07, 6.45) is 11.4. The number of hydrogen-bond donors (Lipinski definition) is 0. The lowest BCUT2D eigenvalue weighted by molar-refractivity contribution is 0.463. The first-order valence-electron chi connectivity index (χ1n) is 14.6. The Bertz CT molecular complexity index is 1470. The summed E-state index contributed by atoms with van der Waals surface area (Å²) in [7, 11) is 0. The van der Waals surface area contributed by atoms with E-state index < -0.39 is 34.4 Å². The number of thiophene rings is 4. The minimum Gasteiger partial charge on any atom is -0.203 e. The van der Waals surface area contributed by atoms with Gasteiger partial charge in [-0.05, 0) is 84.0 Å². The second kappa shape index (κ2) is 14.5. The van der Waals surface area contributed by atoms with E-state index in [9.17, 15) is 0 Å². The molecule has 0 bridgehead atoms. The van der Waals surface area contributed by atoms with Crippen LogP contribution in [0.15, 0.2) is 47.2 Å². The summed E-state index contributed by atoms with van der Waals surface area (Å²) in [5.41, 5.74) is 1.18. The molecule has 5 rings (SSSR count). The van der Waals surface area contributed by atoms with E-state index in [1.54, 1.807) is 46.9 Å². The molecule has 42 heavy (non-hydrogen) atoms. The highest BCUT2D eigenvalue weighted by Gasteiger charge is 2.29.